The molecule has 1 aliphatic carbocycles. The van der Waals surface area contributed by atoms with Crippen LogP contribution in [0.1, 0.15) is 69.0 Å². The molecular weight excluding hydrogens is 236 g/mol. The van der Waals surface area contributed by atoms with E-state index in [0.717, 1.165) is 31.1 Å². The lowest BCUT2D eigenvalue weighted by molar-refractivity contribution is 0.357. The van der Waals surface area contributed by atoms with Crippen molar-refractivity contribution in [3.05, 3.63) is 11.7 Å². The molecule has 0 N–H and O–H groups in total. The van der Waals surface area contributed by atoms with Crippen LogP contribution in [0, 0.1) is 5.92 Å². The van der Waals surface area contributed by atoms with E-state index in [9.17, 15) is 0 Å². The summed E-state index contributed by atoms with van der Waals surface area (Å²) in [5, 5.41) is 3.87. The largest absolute Gasteiger partial charge is 0.339 e. The van der Waals surface area contributed by atoms with Crippen LogP contribution >= 0.6 is 11.6 Å². The first-order valence-electron chi connectivity index (χ1n) is 6.76. The first kappa shape index (κ1) is 12.9. The molecule has 1 saturated carbocycles. The molecule has 0 amide bonds. The van der Waals surface area contributed by atoms with Crippen molar-refractivity contribution in [1.29, 1.82) is 0 Å². The van der Waals surface area contributed by atoms with Gasteiger partial charge in [0, 0.05) is 6.42 Å². The maximum Gasteiger partial charge on any atom is 0.226 e. The molecule has 0 bridgehead atoms. The summed E-state index contributed by atoms with van der Waals surface area (Å²) in [5.41, 5.74) is 0. The Kier molecular flexibility index (Phi) is 4.84. The van der Waals surface area contributed by atoms with Gasteiger partial charge in [-0.15, -0.1) is 11.6 Å². The van der Waals surface area contributed by atoms with Gasteiger partial charge in [0.05, 0.1) is 5.38 Å². The fraction of sp³-hybridized carbons (Fsp3) is 0.846. The SMILES string of the molecule is CCCC(Cl)c1noc(CCC2CCCC2)n1. The van der Waals surface area contributed by atoms with Gasteiger partial charge in [-0.1, -0.05) is 44.2 Å². The van der Waals surface area contributed by atoms with Gasteiger partial charge < -0.3 is 4.52 Å². The van der Waals surface area contributed by atoms with E-state index in [0.29, 0.717) is 5.82 Å². The highest BCUT2D eigenvalue weighted by Crippen LogP contribution is 2.29. The summed E-state index contributed by atoms with van der Waals surface area (Å²) >= 11 is 6.16. The highest BCUT2D eigenvalue weighted by molar-refractivity contribution is 6.20. The molecule has 0 spiro atoms. The van der Waals surface area contributed by atoms with Crippen molar-refractivity contribution in [3.63, 3.8) is 0 Å². The van der Waals surface area contributed by atoms with Gasteiger partial charge in [-0.05, 0) is 18.8 Å². The smallest absolute Gasteiger partial charge is 0.226 e. The Balaban J connectivity index is 1.80. The Hall–Kier alpha value is -0.570. The van der Waals surface area contributed by atoms with Gasteiger partial charge in [-0.2, -0.15) is 4.98 Å². The molecule has 0 aliphatic heterocycles. The molecule has 17 heavy (non-hydrogen) atoms. The zero-order chi connectivity index (χ0) is 12.1. The van der Waals surface area contributed by atoms with Gasteiger partial charge in [0.15, 0.2) is 5.82 Å². The lowest BCUT2D eigenvalue weighted by Gasteiger charge is -2.04. The Morgan fingerprint density at radius 1 is 1.41 bits per heavy atom. The summed E-state index contributed by atoms with van der Waals surface area (Å²) in [5.74, 6) is 2.29. The Labute approximate surface area is 108 Å². The minimum Gasteiger partial charge on any atom is -0.339 e. The minimum absolute atomic E-state index is 0.0935. The number of hydrogen-bond acceptors (Lipinski definition) is 3. The summed E-state index contributed by atoms with van der Waals surface area (Å²) in [7, 11) is 0. The molecule has 0 saturated heterocycles. The van der Waals surface area contributed by atoms with Crippen LogP contribution in [0.15, 0.2) is 4.52 Å². The third kappa shape index (κ3) is 3.70. The van der Waals surface area contributed by atoms with Gasteiger partial charge in [0.2, 0.25) is 5.89 Å². The molecule has 1 fully saturated rings. The predicted molar refractivity (Wildman–Crippen MR) is 68.1 cm³/mol. The standard InChI is InChI=1S/C13H21ClN2O/c1-2-5-11(14)13-15-12(17-16-13)9-8-10-6-3-4-7-10/h10-11H,2-9H2,1H3. The van der Waals surface area contributed by atoms with E-state index in [1.165, 1.54) is 32.1 Å². The molecule has 1 aliphatic rings. The van der Waals surface area contributed by atoms with Crippen LogP contribution in [0.4, 0.5) is 0 Å². The van der Waals surface area contributed by atoms with Crippen LogP contribution in [0.3, 0.4) is 0 Å². The van der Waals surface area contributed by atoms with Gasteiger partial charge >= 0.3 is 0 Å². The first-order valence-corrected chi connectivity index (χ1v) is 7.19. The fourth-order valence-electron chi connectivity index (χ4n) is 2.51. The quantitative estimate of drug-likeness (QED) is 0.714. The molecular formula is C13H21ClN2O. The number of aryl methyl sites for hydroxylation is 1. The normalized spacial score (nSPS) is 18.7. The molecule has 1 aromatic rings. The molecule has 0 aromatic carbocycles. The number of aromatic nitrogens is 2. The lowest BCUT2D eigenvalue weighted by Crippen LogP contribution is -1.97. The summed E-state index contributed by atoms with van der Waals surface area (Å²) in [6.45, 7) is 2.11. The topological polar surface area (TPSA) is 38.9 Å². The summed E-state index contributed by atoms with van der Waals surface area (Å²) in [6, 6.07) is 0. The van der Waals surface area contributed by atoms with Crippen LogP contribution < -0.4 is 0 Å². The average molecular weight is 257 g/mol. The second kappa shape index (κ2) is 6.39. The van der Waals surface area contributed by atoms with Crippen molar-refractivity contribution in [2.75, 3.05) is 0 Å². The highest BCUT2D eigenvalue weighted by Gasteiger charge is 2.18. The van der Waals surface area contributed by atoms with Crippen LogP contribution in [0.25, 0.3) is 0 Å². The van der Waals surface area contributed by atoms with Crippen molar-refractivity contribution in [2.45, 2.75) is 63.7 Å². The summed E-state index contributed by atoms with van der Waals surface area (Å²) in [4.78, 5) is 4.38. The van der Waals surface area contributed by atoms with E-state index >= 15 is 0 Å². The second-order valence-corrected chi connectivity index (χ2v) is 5.52. The fourth-order valence-corrected chi connectivity index (χ4v) is 2.81. The average Bonchev–Trinajstić information content (AvgIpc) is 2.98. The maximum absolute atomic E-state index is 6.16. The molecule has 1 aromatic heterocycles. The summed E-state index contributed by atoms with van der Waals surface area (Å²) < 4.78 is 5.25. The van der Waals surface area contributed by atoms with E-state index in [2.05, 4.69) is 17.1 Å². The van der Waals surface area contributed by atoms with E-state index in [4.69, 9.17) is 16.1 Å². The molecule has 1 atom stereocenters. The number of rotatable bonds is 6. The van der Waals surface area contributed by atoms with Crippen molar-refractivity contribution in [1.82, 2.24) is 10.1 Å². The minimum atomic E-state index is -0.0935. The van der Waals surface area contributed by atoms with E-state index in [1.54, 1.807) is 0 Å². The molecule has 3 nitrogen and oxygen atoms in total. The van der Waals surface area contributed by atoms with E-state index in [-0.39, 0.29) is 5.38 Å². The Morgan fingerprint density at radius 3 is 2.88 bits per heavy atom. The molecule has 0 radical (unpaired) electrons. The van der Waals surface area contributed by atoms with Crippen molar-refractivity contribution in [2.24, 2.45) is 5.92 Å². The van der Waals surface area contributed by atoms with Crippen LogP contribution in [0.2, 0.25) is 0 Å². The van der Waals surface area contributed by atoms with Crippen LogP contribution in [-0.2, 0) is 6.42 Å². The van der Waals surface area contributed by atoms with Crippen molar-refractivity contribution < 1.29 is 4.52 Å². The molecule has 2 rings (SSSR count). The molecule has 1 unspecified atom stereocenters. The number of hydrogen-bond donors (Lipinski definition) is 0. The first-order chi connectivity index (χ1) is 8.29. The zero-order valence-electron chi connectivity index (χ0n) is 10.5. The number of halogens is 1. The molecule has 1 heterocycles. The van der Waals surface area contributed by atoms with Gasteiger partial charge in [-0.3, -0.25) is 0 Å². The van der Waals surface area contributed by atoms with Gasteiger partial charge in [0.1, 0.15) is 0 Å². The predicted octanol–water partition coefficient (Wildman–Crippen LogP) is 4.27. The highest BCUT2D eigenvalue weighted by atomic mass is 35.5. The lowest BCUT2D eigenvalue weighted by atomic mass is 10.0. The number of nitrogens with zero attached hydrogens (tertiary/aromatic N) is 2. The van der Waals surface area contributed by atoms with E-state index < -0.39 is 0 Å². The third-order valence-electron chi connectivity index (χ3n) is 3.55. The van der Waals surface area contributed by atoms with Crippen LogP contribution in [-0.4, -0.2) is 10.1 Å². The second-order valence-electron chi connectivity index (χ2n) is 4.99. The monoisotopic (exact) mass is 256 g/mol. The van der Waals surface area contributed by atoms with Crippen molar-refractivity contribution >= 4 is 11.6 Å². The Morgan fingerprint density at radius 2 is 2.18 bits per heavy atom. The zero-order valence-corrected chi connectivity index (χ0v) is 11.2. The van der Waals surface area contributed by atoms with Crippen molar-refractivity contribution in [3.8, 4) is 0 Å². The Bertz CT molecular complexity index is 334. The summed E-state index contributed by atoms with van der Waals surface area (Å²) in [6.07, 6.45) is 9.56. The van der Waals surface area contributed by atoms with E-state index in [1.807, 2.05) is 0 Å². The van der Waals surface area contributed by atoms with Gasteiger partial charge in [0.25, 0.3) is 0 Å². The maximum atomic E-state index is 6.16. The number of alkyl halides is 1. The van der Waals surface area contributed by atoms with Crippen LogP contribution in [0.5, 0.6) is 0 Å². The third-order valence-corrected chi connectivity index (χ3v) is 3.96. The van der Waals surface area contributed by atoms with Gasteiger partial charge in [-0.25, -0.2) is 0 Å². The molecule has 96 valence electrons. The molecule has 4 heteroatoms.